The highest BCUT2D eigenvalue weighted by Gasteiger charge is 2.26. The van der Waals surface area contributed by atoms with Gasteiger partial charge in [0.25, 0.3) is 5.91 Å². The Morgan fingerprint density at radius 1 is 1.23 bits per heavy atom. The van der Waals surface area contributed by atoms with Gasteiger partial charge in [-0.05, 0) is 30.9 Å². The zero-order valence-corrected chi connectivity index (χ0v) is 16.1. The first-order valence-corrected chi connectivity index (χ1v) is 8.91. The minimum Gasteiger partial charge on any atom is -0.464 e. The maximum atomic E-state index is 12.9. The van der Waals surface area contributed by atoms with Gasteiger partial charge in [-0.2, -0.15) is 0 Å². The lowest BCUT2D eigenvalue weighted by atomic mass is 10.1. The van der Waals surface area contributed by atoms with Crippen LogP contribution in [0.15, 0.2) is 17.5 Å². The molecule has 0 aliphatic heterocycles. The Bertz CT molecular complexity index is 795. The topological polar surface area (TPSA) is 88.7 Å². The van der Waals surface area contributed by atoms with Gasteiger partial charge in [0, 0.05) is 24.9 Å². The molecule has 2 heterocycles. The van der Waals surface area contributed by atoms with E-state index in [0.717, 1.165) is 0 Å². The van der Waals surface area contributed by atoms with Gasteiger partial charge in [0.05, 0.1) is 25.1 Å². The number of Topliss-reactive ketones (excluding diaryl/α,β-unsaturated/α-hetero) is 1. The molecule has 0 saturated heterocycles. The van der Waals surface area contributed by atoms with Crippen LogP contribution in [0.4, 0.5) is 0 Å². The summed E-state index contributed by atoms with van der Waals surface area (Å²) in [5, 5.41) is 1.81. The molecule has 1 N–H and O–H groups in total. The third-order valence-corrected chi connectivity index (χ3v) is 4.88. The van der Waals surface area contributed by atoms with Crippen molar-refractivity contribution in [3.05, 3.63) is 44.9 Å². The minimum absolute atomic E-state index is 0.0970. The fourth-order valence-electron chi connectivity index (χ4n) is 2.74. The number of ketones is 1. The number of methoxy groups -OCH3 is 2. The van der Waals surface area contributed by atoms with E-state index in [0.29, 0.717) is 34.8 Å². The largest absolute Gasteiger partial charge is 0.464 e. The monoisotopic (exact) mass is 378 g/mol. The first kappa shape index (κ1) is 19.9. The normalized spacial score (nSPS) is 10.6. The third-order valence-electron chi connectivity index (χ3n) is 4.02. The van der Waals surface area contributed by atoms with Gasteiger partial charge in [-0.25, -0.2) is 4.79 Å². The van der Waals surface area contributed by atoms with Crippen LogP contribution < -0.4 is 0 Å². The first-order chi connectivity index (χ1) is 12.4. The summed E-state index contributed by atoms with van der Waals surface area (Å²) in [6.07, 6.45) is 0. The van der Waals surface area contributed by atoms with Gasteiger partial charge >= 0.3 is 5.97 Å². The Morgan fingerprint density at radius 3 is 2.54 bits per heavy atom. The van der Waals surface area contributed by atoms with Gasteiger partial charge in [0.1, 0.15) is 5.69 Å². The van der Waals surface area contributed by atoms with Gasteiger partial charge in [-0.1, -0.05) is 6.07 Å². The number of aromatic nitrogens is 1. The van der Waals surface area contributed by atoms with Gasteiger partial charge in [-0.15, -0.1) is 11.3 Å². The molecule has 26 heavy (non-hydrogen) atoms. The molecule has 8 heteroatoms. The van der Waals surface area contributed by atoms with Crippen LogP contribution in [-0.2, 0) is 9.47 Å². The number of nitrogens with one attached hydrogen (secondary N) is 1. The van der Waals surface area contributed by atoms with E-state index in [1.54, 1.807) is 33.1 Å². The fourth-order valence-corrected chi connectivity index (χ4v) is 3.43. The number of carbonyl (C=O) groups excluding carboxylic acids is 3. The standard InChI is InChI=1S/C18H22N2O5S/c1-11-15(12(2)19-16(11)18(23)25-4)13(21)10-20(7-8-24-3)17(22)14-6-5-9-26-14/h5-6,9,19H,7-8,10H2,1-4H3. The lowest BCUT2D eigenvalue weighted by Crippen LogP contribution is -2.38. The number of aryl methyl sites for hydroxylation is 1. The van der Waals surface area contributed by atoms with Gasteiger partial charge in [0.15, 0.2) is 5.78 Å². The number of esters is 1. The maximum absolute atomic E-state index is 12.9. The highest BCUT2D eigenvalue weighted by atomic mass is 32.1. The van der Waals surface area contributed by atoms with E-state index in [2.05, 4.69) is 4.98 Å². The molecule has 140 valence electrons. The van der Waals surface area contributed by atoms with Gasteiger partial charge in [0.2, 0.25) is 0 Å². The molecule has 7 nitrogen and oxygen atoms in total. The SMILES string of the molecule is COCCN(CC(=O)c1c(C)[nH]c(C(=O)OC)c1C)C(=O)c1cccs1. The number of ether oxygens (including phenoxy) is 2. The molecule has 2 aromatic rings. The summed E-state index contributed by atoms with van der Waals surface area (Å²) in [5.74, 6) is -0.993. The van der Waals surface area contributed by atoms with Crippen LogP contribution in [0.25, 0.3) is 0 Å². The van der Waals surface area contributed by atoms with Crippen LogP contribution in [0.3, 0.4) is 0 Å². The average molecular weight is 378 g/mol. The molecule has 0 aliphatic carbocycles. The van der Waals surface area contributed by atoms with E-state index < -0.39 is 5.97 Å². The Hall–Kier alpha value is -2.45. The van der Waals surface area contributed by atoms with Crippen molar-refractivity contribution in [3.8, 4) is 0 Å². The van der Waals surface area contributed by atoms with Crippen molar-refractivity contribution >= 4 is 29.0 Å². The van der Waals surface area contributed by atoms with Crippen molar-refractivity contribution in [3.63, 3.8) is 0 Å². The number of amides is 1. The summed E-state index contributed by atoms with van der Waals surface area (Å²) in [6, 6.07) is 3.51. The van der Waals surface area contributed by atoms with Gasteiger partial charge in [-0.3, -0.25) is 9.59 Å². The summed E-state index contributed by atoms with van der Waals surface area (Å²) in [6.45, 7) is 3.92. The molecular weight excluding hydrogens is 356 g/mol. The summed E-state index contributed by atoms with van der Waals surface area (Å²) < 4.78 is 9.78. The molecule has 1 amide bonds. The first-order valence-electron chi connectivity index (χ1n) is 8.03. The summed E-state index contributed by atoms with van der Waals surface area (Å²) >= 11 is 1.32. The van der Waals surface area contributed by atoms with Crippen LogP contribution in [0.2, 0.25) is 0 Å². The predicted octanol–water partition coefficient (Wildman–Crippen LogP) is 2.45. The zero-order valence-electron chi connectivity index (χ0n) is 15.3. The smallest absolute Gasteiger partial charge is 0.354 e. The molecule has 0 aromatic carbocycles. The molecule has 0 bridgehead atoms. The molecule has 2 rings (SSSR count). The highest BCUT2D eigenvalue weighted by molar-refractivity contribution is 7.12. The number of carbonyl (C=O) groups is 3. The molecule has 0 fully saturated rings. The number of H-pyrrole nitrogens is 1. The summed E-state index contributed by atoms with van der Waals surface area (Å²) in [7, 11) is 2.82. The number of hydrogen-bond donors (Lipinski definition) is 1. The number of aromatic amines is 1. The molecule has 0 spiro atoms. The van der Waals surface area contributed by atoms with Crippen molar-refractivity contribution < 1.29 is 23.9 Å². The Morgan fingerprint density at radius 2 is 1.96 bits per heavy atom. The molecular formula is C18H22N2O5S. The molecule has 2 aromatic heterocycles. The number of hydrogen-bond acceptors (Lipinski definition) is 6. The van der Waals surface area contributed by atoms with Crippen LogP contribution in [0.5, 0.6) is 0 Å². The van der Waals surface area contributed by atoms with Crippen molar-refractivity contribution in [1.82, 2.24) is 9.88 Å². The zero-order chi connectivity index (χ0) is 19.3. The second-order valence-electron chi connectivity index (χ2n) is 5.74. The van der Waals surface area contributed by atoms with Crippen molar-refractivity contribution in [2.75, 3.05) is 33.9 Å². The van der Waals surface area contributed by atoms with Crippen LogP contribution in [0, 0.1) is 13.8 Å². The molecule has 0 aliphatic rings. The average Bonchev–Trinajstić information content (AvgIpc) is 3.25. The lowest BCUT2D eigenvalue weighted by molar-refractivity contribution is 0.0593. The number of thiophene rings is 1. The third kappa shape index (κ3) is 4.20. The maximum Gasteiger partial charge on any atom is 0.354 e. The van der Waals surface area contributed by atoms with Crippen LogP contribution in [0.1, 0.15) is 41.8 Å². The van der Waals surface area contributed by atoms with E-state index in [-0.39, 0.29) is 23.9 Å². The van der Waals surface area contributed by atoms with Crippen molar-refractivity contribution in [2.24, 2.45) is 0 Å². The Kier molecular flexibility index (Phi) is 6.70. The predicted molar refractivity (Wildman–Crippen MR) is 98.0 cm³/mol. The second kappa shape index (κ2) is 8.77. The molecule has 0 saturated carbocycles. The summed E-state index contributed by atoms with van der Waals surface area (Å²) in [4.78, 5) is 42.2. The van der Waals surface area contributed by atoms with E-state index in [1.807, 2.05) is 5.38 Å². The quantitative estimate of drug-likeness (QED) is 0.563. The Labute approximate surface area is 155 Å². The van der Waals surface area contributed by atoms with E-state index in [9.17, 15) is 14.4 Å². The summed E-state index contributed by atoms with van der Waals surface area (Å²) in [5.41, 5.74) is 1.76. The lowest BCUT2D eigenvalue weighted by Gasteiger charge is -2.21. The van der Waals surface area contributed by atoms with Crippen molar-refractivity contribution in [2.45, 2.75) is 13.8 Å². The van der Waals surface area contributed by atoms with Crippen LogP contribution in [-0.4, -0.2) is 61.5 Å². The van der Waals surface area contributed by atoms with E-state index in [4.69, 9.17) is 9.47 Å². The van der Waals surface area contributed by atoms with E-state index >= 15 is 0 Å². The van der Waals surface area contributed by atoms with E-state index in [1.165, 1.54) is 23.3 Å². The number of rotatable bonds is 8. The molecule has 0 radical (unpaired) electrons. The Balaban J connectivity index is 2.25. The molecule has 0 atom stereocenters. The molecule has 0 unspecified atom stereocenters. The van der Waals surface area contributed by atoms with Gasteiger partial charge < -0.3 is 19.4 Å². The van der Waals surface area contributed by atoms with Crippen LogP contribution >= 0.6 is 11.3 Å². The minimum atomic E-state index is -0.532. The number of nitrogens with zero attached hydrogens (tertiary/aromatic N) is 1. The second-order valence-corrected chi connectivity index (χ2v) is 6.68. The van der Waals surface area contributed by atoms with Crippen molar-refractivity contribution in [1.29, 1.82) is 0 Å². The fraction of sp³-hybridized carbons (Fsp3) is 0.389. The highest BCUT2D eigenvalue weighted by Crippen LogP contribution is 2.20.